The fourth-order valence-corrected chi connectivity index (χ4v) is 2.27. The first-order chi connectivity index (χ1) is 11.0. The zero-order chi connectivity index (χ0) is 16.4. The first-order valence-corrected chi connectivity index (χ1v) is 7.69. The highest BCUT2D eigenvalue weighted by atomic mass is 16.2. The number of hydrogen-bond donors (Lipinski definition) is 2. The number of hydrogen-bond acceptors (Lipinski definition) is 3. The molecule has 1 aromatic heterocycles. The molecule has 2 amide bonds. The summed E-state index contributed by atoms with van der Waals surface area (Å²) in [6, 6.07) is 9.16. The minimum atomic E-state index is -0.320. The Morgan fingerprint density at radius 2 is 1.91 bits per heavy atom. The minimum absolute atomic E-state index is 0.157. The first-order valence-electron chi connectivity index (χ1n) is 7.69. The lowest BCUT2D eigenvalue weighted by molar-refractivity contribution is 0.0951. The molecule has 1 aliphatic rings. The van der Waals surface area contributed by atoms with Crippen molar-refractivity contribution in [3.05, 3.63) is 58.9 Å². The van der Waals surface area contributed by atoms with Crippen LogP contribution in [0.1, 0.15) is 44.8 Å². The molecule has 2 N–H and O–H groups in total. The van der Waals surface area contributed by atoms with E-state index < -0.39 is 0 Å². The molecule has 0 atom stereocenters. The van der Waals surface area contributed by atoms with Crippen molar-refractivity contribution in [3.63, 3.8) is 0 Å². The highest BCUT2D eigenvalue weighted by Gasteiger charge is 2.24. The van der Waals surface area contributed by atoms with Gasteiger partial charge in [0, 0.05) is 23.5 Å². The summed E-state index contributed by atoms with van der Waals surface area (Å²) in [7, 11) is 0. The van der Waals surface area contributed by atoms with Crippen LogP contribution in [-0.4, -0.2) is 22.8 Å². The van der Waals surface area contributed by atoms with Gasteiger partial charge in [0.15, 0.2) is 0 Å². The maximum atomic E-state index is 12.4. The molecule has 0 unspecified atom stereocenters. The number of nitrogens with one attached hydrogen (secondary N) is 2. The number of benzene rings is 1. The summed E-state index contributed by atoms with van der Waals surface area (Å²) in [5.41, 5.74) is 3.56. The van der Waals surface area contributed by atoms with Gasteiger partial charge in [-0.3, -0.25) is 14.6 Å². The molecule has 0 spiro atoms. The molecule has 23 heavy (non-hydrogen) atoms. The molecule has 1 aromatic carbocycles. The van der Waals surface area contributed by atoms with Crippen molar-refractivity contribution in [2.24, 2.45) is 0 Å². The van der Waals surface area contributed by atoms with Crippen molar-refractivity contribution in [2.45, 2.75) is 32.7 Å². The second-order valence-electron chi connectivity index (χ2n) is 5.88. The third-order valence-corrected chi connectivity index (χ3v) is 4.02. The summed E-state index contributed by atoms with van der Waals surface area (Å²) in [6.07, 6.45) is 3.54. The van der Waals surface area contributed by atoms with Crippen molar-refractivity contribution in [1.82, 2.24) is 10.3 Å². The van der Waals surface area contributed by atoms with Crippen LogP contribution in [0.3, 0.4) is 0 Å². The van der Waals surface area contributed by atoms with E-state index in [0.29, 0.717) is 5.56 Å². The van der Waals surface area contributed by atoms with E-state index in [0.717, 1.165) is 29.7 Å². The predicted octanol–water partition coefficient (Wildman–Crippen LogP) is 2.84. The Balaban J connectivity index is 1.76. The number of rotatable bonds is 4. The maximum Gasteiger partial charge on any atom is 0.274 e. The standard InChI is InChI=1S/C18H19N3O2/c1-11-4-3-5-15(12(11)2)21-18(23)16-10-13(8-9-19-16)17(22)20-14-6-7-14/h3-5,8-10,14H,6-7H2,1-2H3,(H,20,22)(H,21,23). The molecule has 0 bridgehead atoms. The fraction of sp³-hybridized carbons (Fsp3) is 0.278. The third kappa shape index (κ3) is 3.56. The molecular formula is C18H19N3O2. The van der Waals surface area contributed by atoms with Gasteiger partial charge in [0.1, 0.15) is 5.69 Å². The van der Waals surface area contributed by atoms with Crippen LogP contribution in [0.15, 0.2) is 36.5 Å². The number of aryl methyl sites for hydroxylation is 1. The van der Waals surface area contributed by atoms with E-state index in [1.54, 1.807) is 6.07 Å². The second kappa shape index (κ2) is 6.20. The number of nitrogens with zero attached hydrogens (tertiary/aromatic N) is 1. The Kier molecular flexibility index (Phi) is 4.10. The Bertz CT molecular complexity index is 767. The van der Waals surface area contributed by atoms with E-state index in [4.69, 9.17) is 0 Å². The van der Waals surface area contributed by atoms with E-state index in [9.17, 15) is 9.59 Å². The third-order valence-electron chi connectivity index (χ3n) is 4.02. The van der Waals surface area contributed by atoms with Crippen molar-refractivity contribution in [3.8, 4) is 0 Å². The Morgan fingerprint density at radius 3 is 2.65 bits per heavy atom. The Labute approximate surface area is 135 Å². The van der Waals surface area contributed by atoms with E-state index in [1.807, 2.05) is 32.0 Å². The van der Waals surface area contributed by atoms with Crippen molar-refractivity contribution in [2.75, 3.05) is 5.32 Å². The Morgan fingerprint density at radius 1 is 1.13 bits per heavy atom. The Hall–Kier alpha value is -2.69. The van der Waals surface area contributed by atoms with Crippen LogP contribution < -0.4 is 10.6 Å². The zero-order valence-electron chi connectivity index (χ0n) is 13.2. The number of carbonyl (C=O) groups excluding carboxylic acids is 2. The molecule has 5 nitrogen and oxygen atoms in total. The van der Waals surface area contributed by atoms with Crippen LogP contribution in [0.4, 0.5) is 5.69 Å². The molecule has 1 saturated carbocycles. The van der Waals surface area contributed by atoms with Crippen LogP contribution in [0.5, 0.6) is 0 Å². The summed E-state index contributed by atoms with van der Waals surface area (Å²) in [4.78, 5) is 28.5. The summed E-state index contributed by atoms with van der Waals surface area (Å²) in [5.74, 6) is -0.476. The highest BCUT2D eigenvalue weighted by Crippen LogP contribution is 2.20. The quantitative estimate of drug-likeness (QED) is 0.912. The normalized spacial score (nSPS) is 13.5. The van der Waals surface area contributed by atoms with Crippen LogP contribution in [0.25, 0.3) is 0 Å². The average molecular weight is 309 g/mol. The number of anilines is 1. The predicted molar refractivity (Wildman–Crippen MR) is 88.6 cm³/mol. The molecule has 0 aliphatic heterocycles. The van der Waals surface area contributed by atoms with E-state index in [2.05, 4.69) is 15.6 Å². The monoisotopic (exact) mass is 309 g/mol. The molecule has 1 heterocycles. The summed E-state index contributed by atoms with van der Waals surface area (Å²) >= 11 is 0. The van der Waals surface area contributed by atoms with Gasteiger partial charge in [-0.1, -0.05) is 12.1 Å². The van der Waals surface area contributed by atoms with Crippen LogP contribution in [0, 0.1) is 13.8 Å². The largest absolute Gasteiger partial charge is 0.349 e. The van der Waals surface area contributed by atoms with Crippen LogP contribution in [-0.2, 0) is 0 Å². The van der Waals surface area contributed by atoms with Gasteiger partial charge in [0.25, 0.3) is 11.8 Å². The zero-order valence-corrected chi connectivity index (χ0v) is 13.2. The highest BCUT2D eigenvalue weighted by molar-refractivity contribution is 6.05. The summed E-state index contributed by atoms with van der Waals surface area (Å²) < 4.78 is 0. The van der Waals surface area contributed by atoms with Gasteiger partial charge in [0.2, 0.25) is 0 Å². The van der Waals surface area contributed by atoms with Crippen LogP contribution >= 0.6 is 0 Å². The number of pyridine rings is 1. The molecule has 5 heteroatoms. The number of amides is 2. The summed E-state index contributed by atoms with van der Waals surface area (Å²) in [5, 5.41) is 5.76. The lowest BCUT2D eigenvalue weighted by Gasteiger charge is -2.10. The number of carbonyl (C=O) groups is 2. The van der Waals surface area contributed by atoms with Crippen molar-refractivity contribution < 1.29 is 9.59 Å². The molecule has 1 aliphatic carbocycles. The first kappa shape index (κ1) is 15.2. The van der Waals surface area contributed by atoms with Crippen molar-refractivity contribution in [1.29, 1.82) is 0 Å². The lowest BCUT2D eigenvalue weighted by Crippen LogP contribution is -2.26. The molecular weight excluding hydrogens is 290 g/mol. The van der Waals surface area contributed by atoms with Gasteiger partial charge in [-0.2, -0.15) is 0 Å². The molecule has 118 valence electrons. The van der Waals surface area contributed by atoms with E-state index in [1.165, 1.54) is 12.3 Å². The maximum absolute atomic E-state index is 12.4. The van der Waals surface area contributed by atoms with Gasteiger partial charge < -0.3 is 10.6 Å². The second-order valence-corrected chi connectivity index (χ2v) is 5.88. The average Bonchev–Trinajstić information content (AvgIpc) is 3.36. The molecule has 0 saturated heterocycles. The smallest absolute Gasteiger partial charge is 0.274 e. The van der Waals surface area contributed by atoms with Gasteiger partial charge in [-0.05, 0) is 56.0 Å². The van der Waals surface area contributed by atoms with Crippen LogP contribution in [0.2, 0.25) is 0 Å². The van der Waals surface area contributed by atoms with Gasteiger partial charge >= 0.3 is 0 Å². The fourth-order valence-electron chi connectivity index (χ4n) is 2.27. The van der Waals surface area contributed by atoms with Gasteiger partial charge in [-0.25, -0.2) is 0 Å². The lowest BCUT2D eigenvalue weighted by atomic mass is 10.1. The molecule has 2 aromatic rings. The number of aromatic nitrogens is 1. The van der Waals surface area contributed by atoms with Gasteiger partial charge in [-0.15, -0.1) is 0 Å². The van der Waals surface area contributed by atoms with E-state index in [-0.39, 0.29) is 23.6 Å². The SMILES string of the molecule is Cc1cccc(NC(=O)c2cc(C(=O)NC3CC3)ccn2)c1C. The summed E-state index contributed by atoms with van der Waals surface area (Å²) in [6.45, 7) is 3.95. The topological polar surface area (TPSA) is 71.1 Å². The van der Waals surface area contributed by atoms with Crippen molar-refractivity contribution >= 4 is 17.5 Å². The van der Waals surface area contributed by atoms with E-state index >= 15 is 0 Å². The minimum Gasteiger partial charge on any atom is -0.349 e. The molecule has 1 fully saturated rings. The molecule has 3 rings (SSSR count). The van der Waals surface area contributed by atoms with Gasteiger partial charge in [0.05, 0.1) is 0 Å². The molecule has 0 radical (unpaired) electrons.